The van der Waals surface area contributed by atoms with Gasteiger partial charge in [0.15, 0.2) is 0 Å². The Morgan fingerprint density at radius 2 is 1.73 bits per heavy atom. The molecular formula is C18H24N4. The van der Waals surface area contributed by atoms with Crippen molar-refractivity contribution in [3.63, 3.8) is 0 Å². The molecule has 0 saturated carbocycles. The molecule has 1 N–H and O–H groups in total. The van der Waals surface area contributed by atoms with E-state index >= 15 is 0 Å². The molecule has 2 aromatic rings. The molecule has 0 amide bonds. The number of hydrogen-bond acceptors (Lipinski definition) is 4. The Kier molecular flexibility index (Phi) is 4.27. The van der Waals surface area contributed by atoms with Crippen LogP contribution < -0.4 is 10.2 Å². The van der Waals surface area contributed by atoms with Crippen LogP contribution in [-0.2, 0) is 0 Å². The van der Waals surface area contributed by atoms with E-state index in [1.54, 1.807) is 0 Å². The fourth-order valence-electron chi connectivity index (χ4n) is 2.77. The SMILES string of the molecule is Cc1cc(Nc2ccc(C(C)C)cc2)nc(N2CCCC2)n1. The molecule has 1 aromatic carbocycles. The van der Waals surface area contributed by atoms with Gasteiger partial charge in [0.1, 0.15) is 5.82 Å². The second kappa shape index (κ2) is 6.34. The van der Waals surface area contributed by atoms with E-state index in [1.165, 1.54) is 18.4 Å². The van der Waals surface area contributed by atoms with Gasteiger partial charge in [0.05, 0.1) is 0 Å². The van der Waals surface area contributed by atoms with E-state index in [2.05, 4.69) is 58.3 Å². The standard InChI is InChI=1S/C18H24N4/c1-13(2)15-6-8-16(9-7-15)20-17-12-14(3)19-18(21-17)22-10-4-5-11-22/h6-9,12-13H,4-5,10-11H2,1-3H3,(H,19,20,21). The number of anilines is 3. The van der Waals surface area contributed by atoms with Crippen molar-refractivity contribution in [2.45, 2.75) is 39.5 Å². The zero-order chi connectivity index (χ0) is 15.5. The largest absolute Gasteiger partial charge is 0.341 e. The average Bonchev–Trinajstić information content (AvgIpc) is 3.01. The molecule has 0 bridgehead atoms. The van der Waals surface area contributed by atoms with Gasteiger partial charge in [-0.15, -0.1) is 0 Å². The van der Waals surface area contributed by atoms with Crippen molar-refractivity contribution in [2.75, 3.05) is 23.3 Å². The van der Waals surface area contributed by atoms with Crippen LogP contribution in [-0.4, -0.2) is 23.1 Å². The van der Waals surface area contributed by atoms with E-state index in [-0.39, 0.29) is 0 Å². The number of benzene rings is 1. The summed E-state index contributed by atoms with van der Waals surface area (Å²) >= 11 is 0. The predicted octanol–water partition coefficient (Wildman–Crippen LogP) is 4.25. The van der Waals surface area contributed by atoms with Crippen LogP contribution >= 0.6 is 0 Å². The minimum atomic E-state index is 0.553. The fraction of sp³-hybridized carbons (Fsp3) is 0.444. The summed E-state index contributed by atoms with van der Waals surface area (Å²) in [7, 11) is 0. The number of nitrogens with one attached hydrogen (secondary N) is 1. The van der Waals surface area contributed by atoms with Crippen molar-refractivity contribution < 1.29 is 0 Å². The van der Waals surface area contributed by atoms with Gasteiger partial charge in [-0.25, -0.2) is 4.98 Å². The topological polar surface area (TPSA) is 41.1 Å². The highest BCUT2D eigenvalue weighted by Gasteiger charge is 2.16. The summed E-state index contributed by atoms with van der Waals surface area (Å²) in [5.41, 5.74) is 3.41. The molecular weight excluding hydrogens is 272 g/mol. The maximum atomic E-state index is 4.67. The normalized spacial score (nSPS) is 14.6. The second-order valence-electron chi connectivity index (χ2n) is 6.29. The highest BCUT2D eigenvalue weighted by molar-refractivity contribution is 5.58. The minimum absolute atomic E-state index is 0.553. The smallest absolute Gasteiger partial charge is 0.227 e. The fourth-order valence-corrected chi connectivity index (χ4v) is 2.77. The van der Waals surface area contributed by atoms with Crippen LogP contribution in [0, 0.1) is 6.92 Å². The lowest BCUT2D eigenvalue weighted by atomic mass is 10.0. The van der Waals surface area contributed by atoms with Crippen LogP contribution in [0.4, 0.5) is 17.5 Å². The molecule has 116 valence electrons. The van der Waals surface area contributed by atoms with E-state index in [9.17, 15) is 0 Å². The third-order valence-electron chi connectivity index (χ3n) is 4.08. The first kappa shape index (κ1) is 14.8. The van der Waals surface area contributed by atoms with E-state index in [0.29, 0.717) is 5.92 Å². The minimum Gasteiger partial charge on any atom is -0.341 e. The van der Waals surface area contributed by atoms with Gasteiger partial charge in [0.2, 0.25) is 5.95 Å². The van der Waals surface area contributed by atoms with Gasteiger partial charge in [-0.1, -0.05) is 26.0 Å². The summed E-state index contributed by atoms with van der Waals surface area (Å²) in [5.74, 6) is 2.27. The van der Waals surface area contributed by atoms with Crippen LogP contribution in [0.25, 0.3) is 0 Å². The molecule has 1 aromatic heterocycles. The van der Waals surface area contributed by atoms with Crippen molar-refractivity contribution >= 4 is 17.5 Å². The van der Waals surface area contributed by atoms with Crippen molar-refractivity contribution in [2.24, 2.45) is 0 Å². The van der Waals surface area contributed by atoms with Crippen LogP contribution in [0.5, 0.6) is 0 Å². The quantitative estimate of drug-likeness (QED) is 0.915. The molecule has 0 unspecified atom stereocenters. The van der Waals surface area contributed by atoms with Crippen molar-refractivity contribution in [3.05, 3.63) is 41.6 Å². The molecule has 0 spiro atoms. The van der Waals surface area contributed by atoms with Crippen LogP contribution in [0.2, 0.25) is 0 Å². The van der Waals surface area contributed by atoms with Gasteiger partial charge < -0.3 is 10.2 Å². The molecule has 0 radical (unpaired) electrons. The second-order valence-corrected chi connectivity index (χ2v) is 6.29. The summed E-state index contributed by atoms with van der Waals surface area (Å²) in [4.78, 5) is 11.5. The van der Waals surface area contributed by atoms with Crippen molar-refractivity contribution in [1.29, 1.82) is 0 Å². The monoisotopic (exact) mass is 296 g/mol. The summed E-state index contributed by atoms with van der Waals surface area (Å²) < 4.78 is 0. The van der Waals surface area contributed by atoms with Crippen molar-refractivity contribution in [1.82, 2.24) is 9.97 Å². The van der Waals surface area contributed by atoms with Gasteiger partial charge in [-0.05, 0) is 43.4 Å². The molecule has 1 fully saturated rings. The Hall–Kier alpha value is -2.10. The number of nitrogens with zero attached hydrogens (tertiary/aromatic N) is 3. The first-order valence-corrected chi connectivity index (χ1v) is 8.09. The van der Waals surface area contributed by atoms with Gasteiger partial charge in [-0.2, -0.15) is 4.98 Å². The predicted molar refractivity (Wildman–Crippen MR) is 92.0 cm³/mol. The Morgan fingerprint density at radius 3 is 2.36 bits per heavy atom. The Morgan fingerprint density at radius 1 is 1.05 bits per heavy atom. The third kappa shape index (κ3) is 3.38. The Balaban J connectivity index is 1.79. The van der Waals surface area contributed by atoms with Gasteiger partial charge >= 0.3 is 0 Å². The van der Waals surface area contributed by atoms with E-state index < -0.39 is 0 Å². The molecule has 1 saturated heterocycles. The van der Waals surface area contributed by atoms with E-state index in [1.807, 2.05) is 13.0 Å². The molecule has 4 nitrogen and oxygen atoms in total. The molecule has 0 aliphatic carbocycles. The molecule has 22 heavy (non-hydrogen) atoms. The number of aryl methyl sites for hydroxylation is 1. The lowest BCUT2D eigenvalue weighted by Gasteiger charge is -2.17. The molecule has 1 aliphatic rings. The zero-order valence-electron chi connectivity index (χ0n) is 13.6. The van der Waals surface area contributed by atoms with Gasteiger partial charge in [-0.3, -0.25) is 0 Å². The van der Waals surface area contributed by atoms with Gasteiger partial charge in [0.25, 0.3) is 0 Å². The highest BCUT2D eigenvalue weighted by Crippen LogP contribution is 2.22. The lowest BCUT2D eigenvalue weighted by molar-refractivity contribution is 0.867. The molecule has 2 heterocycles. The lowest BCUT2D eigenvalue weighted by Crippen LogP contribution is -2.21. The van der Waals surface area contributed by atoms with Crippen molar-refractivity contribution in [3.8, 4) is 0 Å². The molecule has 3 rings (SSSR count). The number of rotatable bonds is 4. The van der Waals surface area contributed by atoms with Crippen LogP contribution in [0.1, 0.15) is 43.9 Å². The average molecular weight is 296 g/mol. The molecule has 0 atom stereocenters. The highest BCUT2D eigenvalue weighted by atomic mass is 15.3. The maximum absolute atomic E-state index is 4.67. The summed E-state index contributed by atoms with van der Waals surface area (Å²) in [6.07, 6.45) is 2.47. The van der Waals surface area contributed by atoms with Crippen LogP contribution in [0.15, 0.2) is 30.3 Å². The maximum Gasteiger partial charge on any atom is 0.227 e. The van der Waals surface area contributed by atoms with Crippen LogP contribution in [0.3, 0.4) is 0 Å². The molecule has 1 aliphatic heterocycles. The first-order valence-electron chi connectivity index (χ1n) is 8.09. The summed E-state index contributed by atoms with van der Waals surface area (Å²) in [5, 5.41) is 3.40. The first-order chi connectivity index (χ1) is 10.6. The third-order valence-corrected chi connectivity index (χ3v) is 4.08. The number of aromatic nitrogens is 2. The van der Waals surface area contributed by atoms with E-state index in [0.717, 1.165) is 36.2 Å². The van der Waals surface area contributed by atoms with Gasteiger partial charge in [0, 0.05) is 30.5 Å². The Labute approximate surface area is 132 Å². The molecule has 4 heteroatoms. The van der Waals surface area contributed by atoms with E-state index in [4.69, 9.17) is 0 Å². The number of hydrogen-bond donors (Lipinski definition) is 1. The summed E-state index contributed by atoms with van der Waals surface area (Å²) in [6, 6.07) is 10.6. The summed E-state index contributed by atoms with van der Waals surface area (Å²) in [6.45, 7) is 8.56. The zero-order valence-corrected chi connectivity index (χ0v) is 13.6. The Bertz CT molecular complexity index is 628.